The van der Waals surface area contributed by atoms with E-state index in [1.165, 1.54) is 12.8 Å². The molecule has 2 heterocycles. The van der Waals surface area contributed by atoms with Crippen LogP contribution in [0.25, 0.3) is 0 Å². The first-order valence-electron chi connectivity index (χ1n) is 8.56. The van der Waals surface area contributed by atoms with Crippen LogP contribution in [0, 0.1) is 5.92 Å². The van der Waals surface area contributed by atoms with Crippen molar-refractivity contribution in [3.63, 3.8) is 0 Å². The van der Waals surface area contributed by atoms with Gasteiger partial charge in [0, 0.05) is 42.0 Å². The number of pyridine rings is 1. The van der Waals surface area contributed by atoms with Gasteiger partial charge in [-0.15, -0.1) is 0 Å². The molecule has 0 spiro atoms. The quantitative estimate of drug-likeness (QED) is 0.877. The number of amides is 1. The fraction of sp³-hybridized carbons (Fsp3) is 0.647. The number of rotatable bonds is 3. The molecule has 0 unspecified atom stereocenters. The molecule has 1 atom stereocenters. The van der Waals surface area contributed by atoms with Crippen molar-refractivity contribution in [2.24, 2.45) is 5.92 Å². The lowest BCUT2D eigenvalue weighted by Crippen LogP contribution is -2.54. The average Bonchev–Trinajstić information content (AvgIpc) is 3.38. The molecule has 2 saturated carbocycles. The first-order valence-corrected chi connectivity index (χ1v) is 9.35. The van der Waals surface area contributed by atoms with Crippen molar-refractivity contribution < 1.29 is 4.79 Å². The van der Waals surface area contributed by atoms with E-state index < -0.39 is 0 Å². The van der Waals surface area contributed by atoms with Crippen molar-refractivity contribution in [1.29, 1.82) is 0 Å². The topological polar surface area (TPSA) is 62.5 Å². The van der Waals surface area contributed by atoms with E-state index in [4.69, 9.17) is 10.7 Å². The largest absolute Gasteiger partial charge is 0.396 e. The monoisotopic (exact) mass is 378 g/mol. The number of hydrogen-bond donors (Lipinski definition) is 1. The minimum absolute atomic E-state index is 0.214. The van der Waals surface area contributed by atoms with Crippen LogP contribution < -0.4 is 10.6 Å². The van der Waals surface area contributed by atoms with Crippen molar-refractivity contribution in [2.45, 2.75) is 44.6 Å². The van der Waals surface area contributed by atoms with E-state index in [0.29, 0.717) is 17.7 Å². The fourth-order valence-electron chi connectivity index (χ4n) is 3.45. The van der Waals surface area contributed by atoms with Gasteiger partial charge in [-0.1, -0.05) is 0 Å². The second-order valence-electron chi connectivity index (χ2n) is 7.14. The molecule has 1 aliphatic heterocycles. The highest BCUT2D eigenvalue weighted by molar-refractivity contribution is 9.10. The van der Waals surface area contributed by atoms with E-state index >= 15 is 0 Å². The summed E-state index contributed by atoms with van der Waals surface area (Å²) in [6, 6.07) is 2.20. The summed E-state index contributed by atoms with van der Waals surface area (Å²) in [5, 5.41) is 0. The third-order valence-corrected chi connectivity index (χ3v) is 5.75. The molecule has 1 saturated heterocycles. The highest BCUT2D eigenvalue weighted by Gasteiger charge is 2.38. The van der Waals surface area contributed by atoms with Gasteiger partial charge in [-0.3, -0.25) is 4.79 Å². The normalized spacial score (nSPS) is 24.9. The fourth-order valence-corrected chi connectivity index (χ4v) is 4.10. The number of carbonyl (C=O) groups is 1. The smallest absolute Gasteiger partial charge is 0.226 e. The number of nitrogens with zero attached hydrogens (tertiary/aromatic N) is 3. The maximum atomic E-state index is 12.3. The van der Waals surface area contributed by atoms with E-state index in [1.807, 2.05) is 11.0 Å². The molecule has 6 heteroatoms. The van der Waals surface area contributed by atoms with Crippen molar-refractivity contribution in [3.05, 3.63) is 16.2 Å². The van der Waals surface area contributed by atoms with E-state index in [1.54, 1.807) is 0 Å². The van der Waals surface area contributed by atoms with Gasteiger partial charge in [-0.25, -0.2) is 4.98 Å². The van der Waals surface area contributed by atoms with Crippen molar-refractivity contribution in [2.75, 3.05) is 30.3 Å². The summed E-state index contributed by atoms with van der Waals surface area (Å²) in [5.74, 6) is 2.10. The summed E-state index contributed by atoms with van der Waals surface area (Å²) < 4.78 is 1.02. The molecule has 5 nitrogen and oxygen atoms in total. The maximum absolute atomic E-state index is 12.3. The molecule has 0 radical (unpaired) electrons. The number of hydrogen-bond acceptors (Lipinski definition) is 4. The Kier molecular flexibility index (Phi) is 3.75. The lowest BCUT2D eigenvalue weighted by Gasteiger charge is -2.41. The molecule has 2 N–H and O–H groups in total. The van der Waals surface area contributed by atoms with Gasteiger partial charge in [-0.05, 0) is 54.6 Å². The van der Waals surface area contributed by atoms with Gasteiger partial charge in [0.2, 0.25) is 5.91 Å². The van der Waals surface area contributed by atoms with Crippen molar-refractivity contribution >= 4 is 33.3 Å². The van der Waals surface area contributed by atoms with Gasteiger partial charge in [0.25, 0.3) is 0 Å². The molecule has 1 aromatic heterocycles. The molecule has 124 valence electrons. The minimum atomic E-state index is 0.214. The number of nitrogen functional groups attached to an aromatic ring is 1. The van der Waals surface area contributed by atoms with Crippen LogP contribution in [0.2, 0.25) is 0 Å². The maximum Gasteiger partial charge on any atom is 0.226 e. The zero-order valence-electron chi connectivity index (χ0n) is 13.5. The first kappa shape index (κ1) is 15.2. The van der Waals surface area contributed by atoms with Gasteiger partial charge >= 0.3 is 0 Å². The Morgan fingerprint density at radius 3 is 2.65 bits per heavy atom. The Balaban J connectivity index is 1.53. The second kappa shape index (κ2) is 5.65. The van der Waals surface area contributed by atoms with Crippen LogP contribution in [-0.2, 0) is 4.79 Å². The van der Waals surface area contributed by atoms with Crippen molar-refractivity contribution in [3.8, 4) is 0 Å². The molecular weight excluding hydrogens is 356 g/mol. The first-order chi connectivity index (χ1) is 11.0. The van der Waals surface area contributed by atoms with E-state index in [-0.39, 0.29) is 6.04 Å². The van der Waals surface area contributed by atoms with Gasteiger partial charge in [-0.2, -0.15) is 0 Å². The summed E-state index contributed by atoms with van der Waals surface area (Å²) in [6.45, 7) is 4.52. The summed E-state index contributed by atoms with van der Waals surface area (Å²) in [4.78, 5) is 21.5. The SMILES string of the molecule is C[C@@H]1CN(c2nc(C3CC3)c(Br)cc2N)CCN1C(=O)C1CC1. The number of anilines is 2. The summed E-state index contributed by atoms with van der Waals surface area (Å²) in [6.07, 6.45) is 4.57. The number of nitrogens with two attached hydrogens (primary N) is 1. The number of halogens is 1. The predicted octanol–water partition coefficient (Wildman–Crippen LogP) is 2.75. The lowest BCUT2D eigenvalue weighted by atomic mass is 10.1. The number of piperazine rings is 1. The molecule has 1 amide bonds. The summed E-state index contributed by atoms with van der Waals surface area (Å²) in [7, 11) is 0. The third kappa shape index (κ3) is 2.93. The Morgan fingerprint density at radius 2 is 2.04 bits per heavy atom. The van der Waals surface area contributed by atoms with Crippen LogP contribution in [0.15, 0.2) is 10.5 Å². The molecule has 3 fully saturated rings. The molecule has 2 aliphatic carbocycles. The predicted molar refractivity (Wildman–Crippen MR) is 94.4 cm³/mol. The third-order valence-electron chi connectivity index (χ3n) is 5.11. The van der Waals surface area contributed by atoms with E-state index in [0.717, 1.165) is 54.1 Å². The average molecular weight is 379 g/mol. The Morgan fingerprint density at radius 1 is 1.30 bits per heavy atom. The molecule has 23 heavy (non-hydrogen) atoms. The Hall–Kier alpha value is -1.30. The lowest BCUT2D eigenvalue weighted by molar-refractivity contribution is -0.134. The van der Waals surface area contributed by atoms with Crippen LogP contribution in [0.3, 0.4) is 0 Å². The second-order valence-corrected chi connectivity index (χ2v) is 8.00. The van der Waals surface area contributed by atoms with Gasteiger partial charge < -0.3 is 15.5 Å². The summed E-state index contributed by atoms with van der Waals surface area (Å²) >= 11 is 3.60. The molecule has 4 rings (SSSR count). The minimum Gasteiger partial charge on any atom is -0.396 e. The van der Waals surface area contributed by atoms with Crippen LogP contribution in [0.4, 0.5) is 11.5 Å². The van der Waals surface area contributed by atoms with Gasteiger partial charge in [0.05, 0.1) is 11.4 Å². The zero-order chi connectivity index (χ0) is 16.1. The van der Waals surface area contributed by atoms with E-state index in [2.05, 4.69) is 27.8 Å². The molecule has 0 aromatic carbocycles. The van der Waals surface area contributed by atoms with Gasteiger partial charge in [0.1, 0.15) is 0 Å². The Bertz CT molecular complexity index is 642. The van der Waals surface area contributed by atoms with Crippen LogP contribution in [0.1, 0.15) is 44.2 Å². The highest BCUT2D eigenvalue weighted by atomic mass is 79.9. The highest BCUT2D eigenvalue weighted by Crippen LogP contribution is 2.44. The summed E-state index contributed by atoms with van der Waals surface area (Å²) in [5.41, 5.74) is 8.08. The standard InChI is InChI=1S/C17H23BrN4O/c1-10-9-21(6-7-22(10)17(23)12-4-5-12)16-14(19)8-13(18)15(20-16)11-2-3-11/h8,10-12H,2-7,9,19H2,1H3/t10-/m1/s1. The molecule has 3 aliphatic rings. The van der Waals surface area contributed by atoms with Crippen LogP contribution in [-0.4, -0.2) is 41.5 Å². The van der Waals surface area contributed by atoms with Crippen molar-refractivity contribution in [1.82, 2.24) is 9.88 Å². The molecular formula is C17H23BrN4O. The molecule has 1 aromatic rings. The Labute approximate surface area is 145 Å². The number of carbonyl (C=O) groups excluding carboxylic acids is 1. The van der Waals surface area contributed by atoms with Crippen LogP contribution >= 0.6 is 15.9 Å². The van der Waals surface area contributed by atoms with E-state index in [9.17, 15) is 4.79 Å². The zero-order valence-corrected chi connectivity index (χ0v) is 15.1. The van der Waals surface area contributed by atoms with Crippen LogP contribution in [0.5, 0.6) is 0 Å². The number of aromatic nitrogens is 1. The molecule has 0 bridgehead atoms. The van der Waals surface area contributed by atoms with Gasteiger partial charge in [0.15, 0.2) is 5.82 Å².